The minimum absolute atomic E-state index is 0.547. The Kier molecular flexibility index (Phi) is 3.29. The summed E-state index contributed by atoms with van der Waals surface area (Å²) in [5, 5.41) is 7.19. The van der Waals surface area contributed by atoms with Gasteiger partial charge in [0.2, 0.25) is 0 Å². The summed E-state index contributed by atoms with van der Waals surface area (Å²) < 4.78 is 0. The Morgan fingerprint density at radius 2 is 2.11 bits per heavy atom. The number of hydrogen-bond acceptors (Lipinski definition) is 2. The van der Waals surface area contributed by atoms with Crippen molar-refractivity contribution in [3.63, 3.8) is 0 Å². The lowest BCUT2D eigenvalue weighted by atomic mass is 9.89. The van der Waals surface area contributed by atoms with Gasteiger partial charge < -0.3 is 10.6 Å². The molecule has 0 amide bonds. The van der Waals surface area contributed by atoms with Crippen molar-refractivity contribution < 1.29 is 0 Å². The Morgan fingerprint density at radius 1 is 1.28 bits per heavy atom. The van der Waals surface area contributed by atoms with Gasteiger partial charge in [-0.1, -0.05) is 38.0 Å². The summed E-state index contributed by atoms with van der Waals surface area (Å²) >= 11 is 0. The third kappa shape index (κ3) is 2.39. The summed E-state index contributed by atoms with van der Waals surface area (Å²) in [4.78, 5) is 0. The Labute approximate surface area is 110 Å². The van der Waals surface area contributed by atoms with E-state index < -0.39 is 0 Å². The molecule has 2 nitrogen and oxygen atoms in total. The van der Waals surface area contributed by atoms with Crippen LogP contribution in [0.15, 0.2) is 18.2 Å². The van der Waals surface area contributed by atoms with Gasteiger partial charge in [-0.2, -0.15) is 0 Å². The third-order valence-corrected chi connectivity index (χ3v) is 4.61. The molecule has 1 saturated carbocycles. The Balaban J connectivity index is 1.59. The van der Waals surface area contributed by atoms with Crippen LogP contribution in [0, 0.1) is 5.41 Å². The van der Waals surface area contributed by atoms with Gasteiger partial charge in [0.05, 0.1) is 0 Å². The molecule has 0 saturated heterocycles. The maximum absolute atomic E-state index is 3.67. The highest BCUT2D eigenvalue weighted by Gasteiger charge is 2.28. The number of para-hydroxylation sites is 1. The lowest BCUT2D eigenvalue weighted by molar-refractivity contribution is 0.315. The molecule has 3 rings (SSSR count). The highest BCUT2D eigenvalue weighted by Crippen LogP contribution is 2.36. The largest absolute Gasteiger partial charge is 0.384 e. The Morgan fingerprint density at radius 3 is 2.94 bits per heavy atom. The molecule has 0 spiro atoms. The van der Waals surface area contributed by atoms with Crippen LogP contribution in [0.2, 0.25) is 0 Å². The Bertz CT molecular complexity index is 419. The zero-order chi connectivity index (χ0) is 12.4. The van der Waals surface area contributed by atoms with E-state index in [2.05, 4.69) is 35.8 Å². The number of rotatable bonds is 4. The summed E-state index contributed by atoms with van der Waals surface area (Å²) in [5.74, 6) is 0. The molecule has 18 heavy (non-hydrogen) atoms. The van der Waals surface area contributed by atoms with Crippen LogP contribution in [-0.4, -0.2) is 13.1 Å². The monoisotopic (exact) mass is 244 g/mol. The predicted octanol–water partition coefficient (Wildman–Crippen LogP) is 3.32. The van der Waals surface area contributed by atoms with E-state index >= 15 is 0 Å². The van der Waals surface area contributed by atoms with Crippen molar-refractivity contribution in [1.29, 1.82) is 0 Å². The molecule has 1 aromatic rings. The second kappa shape index (κ2) is 4.93. The fourth-order valence-corrected chi connectivity index (χ4v) is 3.46. The van der Waals surface area contributed by atoms with Crippen molar-refractivity contribution in [2.75, 3.05) is 18.4 Å². The Hall–Kier alpha value is -1.02. The van der Waals surface area contributed by atoms with E-state index in [0.29, 0.717) is 5.41 Å². The van der Waals surface area contributed by atoms with E-state index in [4.69, 9.17) is 0 Å². The van der Waals surface area contributed by atoms with Gasteiger partial charge in [0.25, 0.3) is 0 Å². The summed E-state index contributed by atoms with van der Waals surface area (Å²) in [6, 6.07) is 6.69. The van der Waals surface area contributed by atoms with Gasteiger partial charge in [0, 0.05) is 25.3 Å². The molecular weight excluding hydrogens is 220 g/mol. The molecule has 0 radical (unpaired) electrons. The van der Waals surface area contributed by atoms with Crippen molar-refractivity contribution in [2.24, 2.45) is 5.41 Å². The molecule has 0 bridgehead atoms. The van der Waals surface area contributed by atoms with E-state index in [0.717, 1.165) is 19.6 Å². The molecule has 2 N–H and O–H groups in total. The van der Waals surface area contributed by atoms with Crippen molar-refractivity contribution >= 4 is 5.69 Å². The van der Waals surface area contributed by atoms with Crippen molar-refractivity contribution in [2.45, 2.75) is 45.6 Å². The number of hydrogen-bond donors (Lipinski definition) is 2. The number of nitrogens with one attached hydrogen (secondary N) is 2. The first-order valence-corrected chi connectivity index (χ1v) is 7.32. The highest BCUT2D eigenvalue weighted by atomic mass is 14.9. The van der Waals surface area contributed by atoms with E-state index in [1.165, 1.54) is 48.9 Å². The second-order valence-corrected chi connectivity index (χ2v) is 6.25. The van der Waals surface area contributed by atoms with E-state index in [1.807, 2.05) is 0 Å². The average molecular weight is 244 g/mol. The molecule has 2 heteroatoms. The third-order valence-electron chi connectivity index (χ3n) is 4.61. The topological polar surface area (TPSA) is 24.1 Å². The van der Waals surface area contributed by atoms with E-state index in [-0.39, 0.29) is 0 Å². The summed E-state index contributed by atoms with van der Waals surface area (Å²) in [7, 11) is 0. The van der Waals surface area contributed by atoms with Crippen LogP contribution in [0.1, 0.15) is 43.7 Å². The van der Waals surface area contributed by atoms with Crippen LogP contribution in [0.3, 0.4) is 0 Å². The van der Waals surface area contributed by atoms with E-state index in [9.17, 15) is 0 Å². The molecule has 1 aliphatic carbocycles. The van der Waals surface area contributed by atoms with Gasteiger partial charge in [-0.3, -0.25) is 0 Å². The molecule has 1 fully saturated rings. The maximum Gasteiger partial charge on any atom is 0.0419 e. The highest BCUT2D eigenvalue weighted by molar-refractivity contribution is 5.61. The van der Waals surface area contributed by atoms with Crippen LogP contribution < -0.4 is 10.6 Å². The van der Waals surface area contributed by atoms with Gasteiger partial charge in [0.1, 0.15) is 0 Å². The van der Waals surface area contributed by atoms with Gasteiger partial charge in [-0.25, -0.2) is 0 Å². The minimum atomic E-state index is 0.547. The zero-order valence-corrected chi connectivity index (χ0v) is 11.4. The summed E-state index contributed by atoms with van der Waals surface area (Å²) in [5.41, 5.74) is 4.86. The lowest BCUT2D eigenvalue weighted by Crippen LogP contribution is -2.29. The summed E-state index contributed by atoms with van der Waals surface area (Å²) in [6.07, 6.45) is 6.80. The first-order chi connectivity index (χ1) is 8.77. The van der Waals surface area contributed by atoms with Crippen molar-refractivity contribution in [3.8, 4) is 0 Å². The van der Waals surface area contributed by atoms with Gasteiger partial charge in [-0.05, 0) is 35.8 Å². The zero-order valence-electron chi connectivity index (χ0n) is 11.4. The second-order valence-electron chi connectivity index (χ2n) is 6.25. The molecule has 0 unspecified atom stereocenters. The first-order valence-electron chi connectivity index (χ1n) is 7.32. The van der Waals surface area contributed by atoms with Crippen LogP contribution in [0.25, 0.3) is 0 Å². The number of fused-ring (bicyclic) bond motifs is 1. The molecule has 1 heterocycles. The van der Waals surface area contributed by atoms with E-state index in [1.54, 1.807) is 0 Å². The van der Waals surface area contributed by atoms with Gasteiger partial charge >= 0.3 is 0 Å². The average Bonchev–Trinajstić information content (AvgIpc) is 2.98. The summed E-state index contributed by atoms with van der Waals surface area (Å²) in [6.45, 7) is 5.70. The van der Waals surface area contributed by atoms with Crippen LogP contribution in [-0.2, 0) is 13.0 Å². The fraction of sp³-hybridized carbons (Fsp3) is 0.625. The molecule has 0 aromatic heterocycles. The number of benzene rings is 1. The van der Waals surface area contributed by atoms with Crippen LogP contribution in [0.5, 0.6) is 0 Å². The predicted molar refractivity (Wildman–Crippen MR) is 76.9 cm³/mol. The SMILES string of the molecule is CC1(CNCc2cccc3c2NCC3)CCCC1. The lowest BCUT2D eigenvalue weighted by Gasteiger charge is -2.24. The van der Waals surface area contributed by atoms with Gasteiger partial charge in [0.15, 0.2) is 0 Å². The fourth-order valence-electron chi connectivity index (χ4n) is 3.46. The van der Waals surface area contributed by atoms with Gasteiger partial charge in [-0.15, -0.1) is 0 Å². The minimum Gasteiger partial charge on any atom is -0.384 e. The quantitative estimate of drug-likeness (QED) is 0.849. The molecule has 98 valence electrons. The number of anilines is 1. The standard InChI is InChI=1S/C16H24N2/c1-16(8-2-3-9-16)12-17-11-14-6-4-5-13-7-10-18-15(13)14/h4-6,17-18H,2-3,7-12H2,1H3. The van der Waals surface area contributed by atoms with Crippen LogP contribution in [0.4, 0.5) is 5.69 Å². The maximum atomic E-state index is 3.67. The van der Waals surface area contributed by atoms with Crippen molar-refractivity contribution in [3.05, 3.63) is 29.3 Å². The molecule has 1 aliphatic heterocycles. The normalized spacial score (nSPS) is 20.7. The molecule has 1 aromatic carbocycles. The van der Waals surface area contributed by atoms with Crippen LogP contribution >= 0.6 is 0 Å². The molecule has 0 atom stereocenters. The molecule has 2 aliphatic rings. The van der Waals surface area contributed by atoms with Crippen molar-refractivity contribution in [1.82, 2.24) is 5.32 Å². The molecular formula is C16H24N2. The smallest absolute Gasteiger partial charge is 0.0419 e. The first kappa shape index (κ1) is 12.0.